The Morgan fingerprint density at radius 2 is 2.12 bits per heavy atom. The van der Waals surface area contributed by atoms with Crippen LogP contribution >= 0.6 is 11.8 Å². The minimum absolute atomic E-state index is 0.0261. The van der Waals surface area contributed by atoms with Gasteiger partial charge >= 0.3 is 0 Å². The predicted molar refractivity (Wildman–Crippen MR) is 63.8 cm³/mol. The molecule has 0 saturated carbocycles. The Labute approximate surface area is 105 Å². The largest absolute Gasteiger partial charge is 0.394 e. The summed E-state index contributed by atoms with van der Waals surface area (Å²) in [5, 5.41) is 39.3. The molecule has 2 heterocycles. The molecule has 6 heteroatoms. The molecule has 2 aliphatic heterocycles. The van der Waals surface area contributed by atoms with Crippen LogP contribution in [0.25, 0.3) is 0 Å². The molecule has 2 rings (SSSR count). The van der Waals surface area contributed by atoms with E-state index in [9.17, 15) is 15.3 Å². The van der Waals surface area contributed by atoms with E-state index in [1.807, 2.05) is 0 Å². The average molecular weight is 264 g/mol. The van der Waals surface area contributed by atoms with Crippen LogP contribution in [-0.4, -0.2) is 69.1 Å². The third-order valence-electron chi connectivity index (χ3n) is 3.79. The summed E-state index contributed by atoms with van der Waals surface area (Å²) in [7, 11) is 0. The second-order valence-corrected chi connectivity index (χ2v) is 6.02. The number of thioether (sulfide) groups is 1. The molecule has 4 N–H and O–H groups in total. The van der Waals surface area contributed by atoms with Crippen LogP contribution < -0.4 is 0 Å². The van der Waals surface area contributed by atoms with Crippen LogP contribution in [0, 0.1) is 5.92 Å². The summed E-state index contributed by atoms with van der Waals surface area (Å²) in [5.74, 6) is 1.78. The average Bonchev–Trinajstić information content (AvgIpc) is 2.37. The summed E-state index contributed by atoms with van der Waals surface area (Å²) in [6.45, 7) is -0.380. The van der Waals surface area contributed by atoms with Gasteiger partial charge in [0.15, 0.2) is 0 Å². The topological polar surface area (TPSA) is 90.2 Å². The number of ether oxygens (including phenoxy) is 1. The highest BCUT2D eigenvalue weighted by molar-refractivity contribution is 7.99. The van der Waals surface area contributed by atoms with Gasteiger partial charge in [-0.05, 0) is 24.3 Å². The third kappa shape index (κ3) is 2.47. The Morgan fingerprint density at radius 1 is 1.35 bits per heavy atom. The zero-order valence-electron chi connectivity index (χ0n) is 9.66. The Morgan fingerprint density at radius 3 is 2.71 bits per heavy atom. The van der Waals surface area contributed by atoms with Gasteiger partial charge in [-0.2, -0.15) is 11.8 Å². The van der Waals surface area contributed by atoms with Crippen LogP contribution in [0.4, 0.5) is 0 Å². The second kappa shape index (κ2) is 5.42. The molecule has 0 radical (unpaired) electrons. The van der Waals surface area contributed by atoms with Gasteiger partial charge in [-0.1, -0.05) is 0 Å². The lowest BCUT2D eigenvalue weighted by atomic mass is 9.77. The van der Waals surface area contributed by atoms with Crippen LogP contribution in [-0.2, 0) is 4.74 Å². The molecular formula is C11H20O5S. The van der Waals surface area contributed by atoms with Gasteiger partial charge in [0.2, 0.25) is 0 Å². The minimum atomic E-state index is -1.39. The molecule has 100 valence electrons. The van der Waals surface area contributed by atoms with Crippen molar-refractivity contribution in [2.45, 2.75) is 36.8 Å². The maximum Gasteiger partial charge on any atom is 0.120 e. The first-order chi connectivity index (χ1) is 8.09. The van der Waals surface area contributed by atoms with Gasteiger partial charge in [0.25, 0.3) is 0 Å². The number of aliphatic hydroxyl groups is 4. The van der Waals surface area contributed by atoms with E-state index in [4.69, 9.17) is 9.84 Å². The van der Waals surface area contributed by atoms with E-state index in [0.717, 1.165) is 24.3 Å². The van der Waals surface area contributed by atoms with Crippen LogP contribution in [0.2, 0.25) is 0 Å². The molecule has 0 aromatic carbocycles. The molecule has 0 amide bonds. The molecule has 0 bridgehead atoms. The zero-order valence-corrected chi connectivity index (χ0v) is 10.5. The van der Waals surface area contributed by atoms with Crippen molar-refractivity contribution in [3.8, 4) is 0 Å². The van der Waals surface area contributed by atoms with Gasteiger partial charge in [-0.25, -0.2) is 0 Å². The number of hydrogen-bond donors (Lipinski definition) is 4. The van der Waals surface area contributed by atoms with E-state index in [1.165, 1.54) is 0 Å². The lowest BCUT2D eigenvalue weighted by molar-refractivity contribution is -0.255. The quantitative estimate of drug-likeness (QED) is 0.510. The monoisotopic (exact) mass is 264 g/mol. The SMILES string of the molecule is OC[C@H]1OC[C@](O)(C2CCCSC2)[C@@H](O)[C@@H]1O. The standard InChI is InChI=1S/C11H20O5S/c12-4-8-9(13)10(14)11(15,6-16-8)7-2-1-3-17-5-7/h7-10,12-15H,1-6H2/t7?,8-,9-,10+,11+/m1/s1. The molecule has 0 aromatic rings. The predicted octanol–water partition coefficient (Wildman–Crippen LogP) is -1.03. The van der Waals surface area contributed by atoms with Crippen molar-refractivity contribution in [2.24, 2.45) is 5.92 Å². The first-order valence-electron chi connectivity index (χ1n) is 5.98. The van der Waals surface area contributed by atoms with E-state index >= 15 is 0 Å². The van der Waals surface area contributed by atoms with Gasteiger partial charge in [0.05, 0.1) is 13.2 Å². The van der Waals surface area contributed by atoms with Crippen molar-refractivity contribution in [3.63, 3.8) is 0 Å². The molecule has 1 unspecified atom stereocenters. The van der Waals surface area contributed by atoms with Crippen molar-refractivity contribution < 1.29 is 25.2 Å². The Hall–Kier alpha value is 0.150. The highest BCUT2D eigenvalue weighted by atomic mass is 32.2. The normalized spacial score (nSPS) is 48.0. The molecule has 0 aliphatic carbocycles. The lowest BCUT2D eigenvalue weighted by Gasteiger charge is -2.47. The fourth-order valence-corrected chi connectivity index (χ4v) is 3.86. The number of aliphatic hydroxyl groups excluding tert-OH is 3. The van der Waals surface area contributed by atoms with Crippen LogP contribution in [0.3, 0.4) is 0 Å². The van der Waals surface area contributed by atoms with Gasteiger partial charge in [-0.15, -0.1) is 0 Å². The van der Waals surface area contributed by atoms with Crippen LogP contribution in [0.5, 0.6) is 0 Å². The lowest BCUT2D eigenvalue weighted by Crippen LogP contribution is -2.65. The van der Waals surface area contributed by atoms with Crippen molar-refractivity contribution >= 4 is 11.8 Å². The summed E-state index contributed by atoms with van der Waals surface area (Å²) in [6.07, 6.45) is -1.45. The summed E-state index contributed by atoms with van der Waals surface area (Å²) in [6, 6.07) is 0. The molecule has 5 atom stereocenters. The summed E-state index contributed by atoms with van der Waals surface area (Å²) >= 11 is 1.75. The molecule has 5 nitrogen and oxygen atoms in total. The highest BCUT2D eigenvalue weighted by Crippen LogP contribution is 2.37. The van der Waals surface area contributed by atoms with Crippen molar-refractivity contribution in [1.82, 2.24) is 0 Å². The molecule has 2 saturated heterocycles. The van der Waals surface area contributed by atoms with Crippen LogP contribution in [0.1, 0.15) is 12.8 Å². The minimum Gasteiger partial charge on any atom is -0.394 e. The molecular weight excluding hydrogens is 244 g/mol. The van der Waals surface area contributed by atoms with E-state index in [0.29, 0.717) is 0 Å². The maximum atomic E-state index is 10.5. The summed E-state index contributed by atoms with van der Waals surface area (Å²) in [4.78, 5) is 0. The van der Waals surface area contributed by atoms with E-state index in [2.05, 4.69) is 0 Å². The maximum absolute atomic E-state index is 10.5. The molecule has 0 aromatic heterocycles. The third-order valence-corrected chi connectivity index (χ3v) is 5.01. The van der Waals surface area contributed by atoms with Crippen molar-refractivity contribution in [1.29, 1.82) is 0 Å². The van der Waals surface area contributed by atoms with E-state index in [-0.39, 0.29) is 19.1 Å². The van der Waals surface area contributed by atoms with Crippen LogP contribution in [0.15, 0.2) is 0 Å². The number of hydrogen-bond acceptors (Lipinski definition) is 6. The highest BCUT2D eigenvalue weighted by Gasteiger charge is 2.52. The smallest absolute Gasteiger partial charge is 0.120 e. The van der Waals surface area contributed by atoms with E-state index < -0.39 is 23.9 Å². The van der Waals surface area contributed by atoms with Crippen molar-refractivity contribution in [2.75, 3.05) is 24.7 Å². The zero-order chi connectivity index (χ0) is 12.5. The van der Waals surface area contributed by atoms with Gasteiger partial charge in [0.1, 0.15) is 23.9 Å². The van der Waals surface area contributed by atoms with Gasteiger partial charge < -0.3 is 25.2 Å². The first kappa shape index (κ1) is 13.6. The summed E-state index contributed by atoms with van der Waals surface area (Å²) in [5.41, 5.74) is -1.39. The number of rotatable bonds is 2. The first-order valence-corrected chi connectivity index (χ1v) is 7.13. The van der Waals surface area contributed by atoms with Gasteiger partial charge in [-0.3, -0.25) is 0 Å². The second-order valence-electron chi connectivity index (χ2n) is 4.87. The summed E-state index contributed by atoms with van der Waals surface area (Å²) < 4.78 is 5.26. The fourth-order valence-electron chi connectivity index (χ4n) is 2.58. The van der Waals surface area contributed by atoms with E-state index in [1.54, 1.807) is 11.8 Å². The van der Waals surface area contributed by atoms with Gasteiger partial charge in [0, 0.05) is 5.92 Å². The van der Waals surface area contributed by atoms with Crippen molar-refractivity contribution in [3.05, 3.63) is 0 Å². The Balaban J connectivity index is 2.08. The molecule has 17 heavy (non-hydrogen) atoms. The molecule has 2 fully saturated rings. The molecule has 2 aliphatic rings. The molecule has 0 spiro atoms. The Bertz CT molecular complexity index is 258. The fraction of sp³-hybridized carbons (Fsp3) is 1.00. The Kier molecular flexibility index (Phi) is 4.33.